The fourth-order valence-corrected chi connectivity index (χ4v) is 5.92. The Hall–Kier alpha value is -2.35. The highest BCUT2D eigenvalue weighted by Gasteiger charge is 2.29. The van der Waals surface area contributed by atoms with Gasteiger partial charge < -0.3 is 14.4 Å². The minimum Gasteiger partial charge on any atom is -0.482 e. The van der Waals surface area contributed by atoms with Crippen LogP contribution in [0.2, 0.25) is 5.02 Å². The van der Waals surface area contributed by atoms with Crippen LogP contribution in [0.15, 0.2) is 36.4 Å². The first-order valence-electron chi connectivity index (χ1n) is 12.2. The van der Waals surface area contributed by atoms with Crippen molar-refractivity contribution in [2.75, 3.05) is 37.7 Å². The van der Waals surface area contributed by atoms with Gasteiger partial charge in [-0.3, -0.25) is 4.90 Å². The second-order valence-corrected chi connectivity index (χ2v) is 11.0. The van der Waals surface area contributed by atoms with Crippen LogP contribution in [0.25, 0.3) is 10.2 Å². The largest absolute Gasteiger partial charge is 0.482 e. The Morgan fingerprint density at radius 3 is 2.83 bits per heavy atom. The molecule has 0 amide bonds. The summed E-state index contributed by atoms with van der Waals surface area (Å²) in [4.78, 5) is 21.6. The van der Waals surface area contributed by atoms with E-state index in [2.05, 4.69) is 36.6 Å². The molecule has 1 atom stereocenters. The minimum absolute atomic E-state index is 0.0707. The van der Waals surface area contributed by atoms with Crippen molar-refractivity contribution >= 4 is 44.3 Å². The molecule has 3 aromatic rings. The Morgan fingerprint density at radius 1 is 1.23 bits per heavy atom. The van der Waals surface area contributed by atoms with E-state index in [0.717, 1.165) is 58.5 Å². The van der Waals surface area contributed by atoms with Gasteiger partial charge >= 0.3 is 5.97 Å². The van der Waals surface area contributed by atoms with Gasteiger partial charge in [0.15, 0.2) is 11.7 Å². The van der Waals surface area contributed by atoms with Gasteiger partial charge in [-0.2, -0.15) is 0 Å². The second-order valence-electron chi connectivity index (χ2n) is 9.56. The number of carbonyl (C=O) groups excluding carboxylic acids is 1. The Morgan fingerprint density at radius 2 is 2.06 bits per heavy atom. The van der Waals surface area contributed by atoms with E-state index < -0.39 is 0 Å². The predicted octanol–water partition coefficient (Wildman–Crippen LogP) is 5.94. The van der Waals surface area contributed by atoms with E-state index >= 15 is 0 Å². The Bertz CT molecular complexity index is 1170. The van der Waals surface area contributed by atoms with E-state index in [0.29, 0.717) is 24.3 Å². The zero-order valence-corrected chi connectivity index (χ0v) is 22.5. The summed E-state index contributed by atoms with van der Waals surface area (Å²) in [5.41, 5.74) is 3.32. The molecule has 1 aliphatic heterocycles. The summed E-state index contributed by atoms with van der Waals surface area (Å²) in [6, 6.07) is 12.5. The molecule has 0 aliphatic carbocycles. The van der Waals surface area contributed by atoms with Gasteiger partial charge in [-0.05, 0) is 67.6 Å². The number of anilines is 1. The number of aromatic nitrogens is 1. The quantitative estimate of drug-likeness (QED) is 0.329. The van der Waals surface area contributed by atoms with Crippen LogP contribution in [0, 0.1) is 12.8 Å². The number of hydrogen-bond acceptors (Lipinski definition) is 7. The molecule has 2 heterocycles. The number of benzene rings is 2. The lowest BCUT2D eigenvalue weighted by atomic mass is 9.99. The number of nitrogens with zero attached hydrogens (tertiary/aromatic N) is 3. The summed E-state index contributed by atoms with van der Waals surface area (Å²) >= 11 is 7.91. The van der Waals surface area contributed by atoms with Gasteiger partial charge in [0, 0.05) is 37.2 Å². The minimum atomic E-state index is -0.346. The molecule has 1 fully saturated rings. The lowest BCUT2D eigenvalue weighted by molar-refractivity contribution is -0.145. The summed E-state index contributed by atoms with van der Waals surface area (Å²) in [5, 5.41) is 1.82. The van der Waals surface area contributed by atoms with Crippen LogP contribution >= 0.6 is 22.9 Å². The van der Waals surface area contributed by atoms with Crippen LogP contribution in [0.4, 0.5) is 5.13 Å². The molecule has 2 aromatic carbocycles. The first kappa shape index (κ1) is 25.7. The van der Waals surface area contributed by atoms with Crippen molar-refractivity contribution in [1.82, 2.24) is 9.88 Å². The summed E-state index contributed by atoms with van der Waals surface area (Å²) in [7, 11) is 0. The highest BCUT2D eigenvalue weighted by Crippen LogP contribution is 2.33. The lowest BCUT2D eigenvalue weighted by Crippen LogP contribution is -2.53. The van der Waals surface area contributed by atoms with Gasteiger partial charge in [0.25, 0.3) is 0 Å². The zero-order chi connectivity index (χ0) is 24.9. The Labute approximate surface area is 216 Å². The number of esters is 1. The standard InChI is InChI=1S/C27H34ClN3O3S/c1-5-33-26(32)17-34-23-12-19(4)11-20(13-23)15-30-8-9-31(16-22(30)10-18(2)3)27-29-24-7-6-21(28)14-25(24)35-27/h6-7,11-14,18,22H,5,8-10,15-17H2,1-4H3/t22-/m0/s1. The SMILES string of the molecule is CCOC(=O)COc1cc(C)cc(CN2CCN(c3nc4ccc(Cl)cc4s3)C[C@@H]2CC(C)C)c1. The molecule has 0 unspecified atom stereocenters. The topological polar surface area (TPSA) is 54.9 Å². The second kappa shape index (κ2) is 11.6. The average molecular weight is 516 g/mol. The molecule has 188 valence electrons. The molecule has 0 spiro atoms. The maximum absolute atomic E-state index is 11.7. The number of halogens is 1. The van der Waals surface area contributed by atoms with Crippen LogP contribution in [0.1, 0.15) is 38.3 Å². The molecule has 0 saturated carbocycles. The van der Waals surface area contributed by atoms with Crippen molar-refractivity contribution < 1.29 is 14.3 Å². The molecular weight excluding hydrogens is 482 g/mol. The molecule has 1 aromatic heterocycles. The number of hydrogen-bond donors (Lipinski definition) is 0. The molecule has 6 nitrogen and oxygen atoms in total. The third-order valence-electron chi connectivity index (χ3n) is 6.12. The van der Waals surface area contributed by atoms with Crippen LogP contribution in [0.5, 0.6) is 5.75 Å². The molecule has 0 radical (unpaired) electrons. The molecule has 8 heteroatoms. The molecular formula is C27H34ClN3O3S. The summed E-state index contributed by atoms with van der Waals surface area (Å²) < 4.78 is 11.8. The first-order valence-corrected chi connectivity index (χ1v) is 13.4. The number of carbonyl (C=O) groups is 1. The summed E-state index contributed by atoms with van der Waals surface area (Å²) in [6.07, 6.45) is 1.12. The van der Waals surface area contributed by atoms with Crippen LogP contribution in [-0.2, 0) is 16.1 Å². The smallest absolute Gasteiger partial charge is 0.344 e. The first-order chi connectivity index (χ1) is 16.8. The van der Waals surface area contributed by atoms with Crippen molar-refractivity contribution in [3.63, 3.8) is 0 Å². The third kappa shape index (κ3) is 6.87. The van der Waals surface area contributed by atoms with Gasteiger partial charge in [0.2, 0.25) is 0 Å². The maximum Gasteiger partial charge on any atom is 0.344 e. The number of fused-ring (bicyclic) bond motifs is 1. The van der Waals surface area contributed by atoms with E-state index in [1.165, 1.54) is 5.56 Å². The third-order valence-corrected chi connectivity index (χ3v) is 7.43. The number of ether oxygens (including phenoxy) is 2. The average Bonchev–Trinajstić information content (AvgIpc) is 3.21. The van der Waals surface area contributed by atoms with Crippen molar-refractivity contribution in [2.45, 2.75) is 46.7 Å². The lowest BCUT2D eigenvalue weighted by Gasteiger charge is -2.42. The van der Waals surface area contributed by atoms with Crippen LogP contribution in [0.3, 0.4) is 0 Å². The Kier molecular flexibility index (Phi) is 8.52. The van der Waals surface area contributed by atoms with Crippen molar-refractivity contribution in [1.29, 1.82) is 0 Å². The summed E-state index contributed by atoms with van der Waals surface area (Å²) in [6.45, 7) is 12.4. The van der Waals surface area contributed by atoms with Crippen LogP contribution in [-0.4, -0.2) is 54.7 Å². The molecule has 0 N–H and O–H groups in total. The maximum atomic E-state index is 11.7. The number of piperazine rings is 1. The fourth-order valence-electron chi connectivity index (χ4n) is 4.64. The van der Waals surface area contributed by atoms with Crippen molar-refractivity contribution in [3.8, 4) is 5.75 Å². The van der Waals surface area contributed by atoms with E-state index in [4.69, 9.17) is 26.1 Å². The van der Waals surface area contributed by atoms with E-state index in [1.807, 2.05) is 30.3 Å². The predicted molar refractivity (Wildman–Crippen MR) is 144 cm³/mol. The number of aryl methyl sites for hydroxylation is 1. The summed E-state index contributed by atoms with van der Waals surface area (Å²) in [5.74, 6) is 0.957. The molecule has 0 bridgehead atoms. The number of rotatable bonds is 9. The van der Waals surface area contributed by atoms with Gasteiger partial charge in [-0.1, -0.05) is 42.9 Å². The van der Waals surface area contributed by atoms with Gasteiger partial charge in [0.05, 0.1) is 16.8 Å². The molecule has 35 heavy (non-hydrogen) atoms. The highest BCUT2D eigenvalue weighted by molar-refractivity contribution is 7.22. The normalized spacial score (nSPS) is 16.7. The fraction of sp³-hybridized carbons (Fsp3) is 0.481. The van der Waals surface area contributed by atoms with Gasteiger partial charge in [-0.15, -0.1) is 0 Å². The molecule has 1 saturated heterocycles. The molecule has 4 rings (SSSR count). The zero-order valence-electron chi connectivity index (χ0n) is 20.9. The van der Waals surface area contributed by atoms with E-state index in [-0.39, 0.29) is 12.6 Å². The van der Waals surface area contributed by atoms with Gasteiger partial charge in [0.1, 0.15) is 5.75 Å². The monoisotopic (exact) mass is 515 g/mol. The van der Waals surface area contributed by atoms with E-state index in [9.17, 15) is 4.79 Å². The highest BCUT2D eigenvalue weighted by atomic mass is 35.5. The Balaban J connectivity index is 1.47. The molecule has 1 aliphatic rings. The number of thiazole rings is 1. The van der Waals surface area contributed by atoms with Crippen LogP contribution < -0.4 is 9.64 Å². The van der Waals surface area contributed by atoms with E-state index in [1.54, 1.807) is 18.3 Å². The van der Waals surface area contributed by atoms with Crippen molar-refractivity contribution in [2.24, 2.45) is 5.92 Å². The van der Waals surface area contributed by atoms with Crippen molar-refractivity contribution in [3.05, 3.63) is 52.5 Å². The van der Waals surface area contributed by atoms with Gasteiger partial charge in [-0.25, -0.2) is 9.78 Å².